The van der Waals surface area contributed by atoms with Gasteiger partial charge in [-0.25, -0.2) is 0 Å². The molecule has 0 radical (unpaired) electrons. The van der Waals surface area contributed by atoms with Gasteiger partial charge in [0, 0.05) is 35.8 Å². The summed E-state index contributed by atoms with van der Waals surface area (Å²) in [4.78, 5) is 12.7. The first-order valence-corrected chi connectivity index (χ1v) is 9.25. The summed E-state index contributed by atoms with van der Waals surface area (Å²) < 4.78 is 18.5. The van der Waals surface area contributed by atoms with Gasteiger partial charge in [-0.3, -0.25) is 4.79 Å². The molecular weight excluding hydrogens is 372 g/mol. The summed E-state index contributed by atoms with van der Waals surface area (Å²) in [5.74, 6) is 2.09. The highest BCUT2D eigenvalue weighted by atomic mass is 16.6. The summed E-state index contributed by atoms with van der Waals surface area (Å²) >= 11 is 0. The molecule has 0 aliphatic carbocycles. The molecule has 29 heavy (non-hydrogen) atoms. The first-order chi connectivity index (χ1) is 14.2. The van der Waals surface area contributed by atoms with Crippen LogP contribution in [0.15, 0.2) is 53.1 Å². The Bertz CT molecular complexity index is 1210. The third kappa shape index (κ3) is 3.29. The molecule has 3 heterocycles. The number of carbonyl (C=O) groups excluding carboxylic acids is 1. The van der Waals surface area contributed by atoms with Crippen LogP contribution in [0, 0.1) is 6.92 Å². The first-order valence-electron chi connectivity index (χ1n) is 9.25. The van der Waals surface area contributed by atoms with Crippen molar-refractivity contribution in [2.75, 3.05) is 18.5 Å². The van der Waals surface area contributed by atoms with Crippen molar-refractivity contribution in [3.8, 4) is 23.0 Å². The van der Waals surface area contributed by atoms with Gasteiger partial charge < -0.3 is 23.8 Å². The van der Waals surface area contributed by atoms with E-state index in [1.54, 1.807) is 25.1 Å². The van der Waals surface area contributed by atoms with Gasteiger partial charge >= 0.3 is 0 Å². The van der Waals surface area contributed by atoms with E-state index in [-0.39, 0.29) is 12.5 Å². The number of hydrogen-bond acceptors (Lipinski definition) is 6. The molecule has 0 fully saturated rings. The van der Waals surface area contributed by atoms with Crippen LogP contribution < -0.4 is 14.8 Å². The number of para-hydroxylation sites is 1. The Labute approximate surface area is 166 Å². The van der Waals surface area contributed by atoms with E-state index in [0.717, 1.165) is 16.5 Å². The fourth-order valence-corrected chi connectivity index (χ4v) is 3.43. The van der Waals surface area contributed by atoms with E-state index in [1.807, 2.05) is 35.0 Å². The third-order valence-electron chi connectivity index (χ3n) is 4.68. The smallest absolute Gasteiger partial charge is 0.249 e. The Hall–Kier alpha value is -3.81. The van der Waals surface area contributed by atoms with Crippen LogP contribution in [0.4, 0.5) is 5.69 Å². The Morgan fingerprint density at radius 2 is 1.93 bits per heavy atom. The molecule has 0 saturated heterocycles. The predicted octanol–water partition coefficient (Wildman–Crippen LogP) is 3.41. The number of nitrogens with zero attached hydrogens (tertiary/aromatic N) is 3. The monoisotopic (exact) mass is 390 g/mol. The quantitative estimate of drug-likeness (QED) is 0.574. The minimum atomic E-state index is -0.157. The minimum Gasteiger partial charge on any atom is -0.486 e. The zero-order valence-electron chi connectivity index (χ0n) is 15.7. The number of amides is 1. The molecule has 0 unspecified atom stereocenters. The first kappa shape index (κ1) is 17.3. The Morgan fingerprint density at radius 1 is 1.10 bits per heavy atom. The number of ether oxygens (including phenoxy) is 2. The van der Waals surface area contributed by atoms with Crippen molar-refractivity contribution in [1.29, 1.82) is 0 Å². The van der Waals surface area contributed by atoms with Crippen molar-refractivity contribution in [3.05, 3.63) is 54.6 Å². The molecule has 0 saturated carbocycles. The van der Waals surface area contributed by atoms with Crippen molar-refractivity contribution in [2.24, 2.45) is 0 Å². The number of benzene rings is 2. The molecule has 5 rings (SSSR count). The van der Waals surface area contributed by atoms with Gasteiger partial charge in [0.15, 0.2) is 11.5 Å². The second-order valence-corrected chi connectivity index (χ2v) is 6.72. The number of aryl methyl sites for hydroxylation is 1. The van der Waals surface area contributed by atoms with Crippen LogP contribution in [0.3, 0.4) is 0 Å². The molecule has 8 nitrogen and oxygen atoms in total. The van der Waals surface area contributed by atoms with Crippen molar-refractivity contribution in [2.45, 2.75) is 13.5 Å². The number of fused-ring (bicyclic) bond motifs is 2. The van der Waals surface area contributed by atoms with Crippen molar-refractivity contribution < 1.29 is 18.7 Å². The number of carbonyl (C=O) groups is 1. The summed E-state index contributed by atoms with van der Waals surface area (Å²) in [7, 11) is 0. The van der Waals surface area contributed by atoms with Crippen molar-refractivity contribution >= 4 is 22.5 Å². The van der Waals surface area contributed by atoms with Crippen LogP contribution in [-0.2, 0) is 11.3 Å². The molecule has 146 valence electrons. The maximum Gasteiger partial charge on any atom is 0.249 e. The molecule has 0 atom stereocenters. The average Bonchev–Trinajstić information content (AvgIpc) is 3.32. The molecule has 1 aliphatic heterocycles. The molecule has 0 spiro atoms. The van der Waals surface area contributed by atoms with E-state index < -0.39 is 0 Å². The maximum atomic E-state index is 12.7. The topological polar surface area (TPSA) is 91.4 Å². The summed E-state index contributed by atoms with van der Waals surface area (Å²) in [6, 6.07) is 13.2. The van der Waals surface area contributed by atoms with Gasteiger partial charge in [0.1, 0.15) is 19.8 Å². The molecule has 1 amide bonds. The molecule has 1 aliphatic rings. The Balaban J connectivity index is 1.41. The zero-order valence-corrected chi connectivity index (χ0v) is 15.7. The van der Waals surface area contributed by atoms with Gasteiger partial charge in [0.25, 0.3) is 0 Å². The lowest BCUT2D eigenvalue weighted by Crippen LogP contribution is -2.19. The molecule has 2 aromatic heterocycles. The van der Waals surface area contributed by atoms with Crippen molar-refractivity contribution in [3.63, 3.8) is 0 Å². The van der Waals surface area contributed by atoms with Gasteiger partial charge in [-0.1, -0.05) is 18.2 Å². The predicted molar refractivity (Wildman–Crippen MR) is 106 cm³/mol. The Kier molecular flexibility index (Phi) is 4.16. The molecule has 8 heteroatoms. The second-order valence-electron chi connectivity index (χ2n) is 6.72. The van der Waals surface area contributed by atoms with Gasteiger partial charge in [0.05, 0.1) is 5.56 Å². The number of aromatic nitrogens is 3. The third-order valence-corrected chi connectivity index (χ3v) is 4.68. The van der Waals surface area contributed by atoms with Crippen molar-refractivity contribution in [1.82, 2.24) is 14.8 Å². The van der Waals surface area contributed by atoms with E-state index in [1.165, 1.54) is 0 Å². The highest BCUT2D eigenvalue weighted by Gasteiger charge is 2.17. The zero-order chi connectivity index (χ0) is 19.8. The SMILES string of the molecule is Cc1nnc(-c2cn(CC(=O)Nc3ccc4c(c3)OCCO4)c3ccccc23)o1. The molecule has 1 N–H and O–H groups in total. The average molecular weight is 390 g/mol. The highest BCUT2D eigenvalue weighted by Crippen LogP contribution is 2.33. The van der Waals surface area contributed by atoms with E-state index >= 15 is 0 Å². The molecular formula is C21H18N4O4. The summed E-state index contributed by atoms with van der Waals surface area (Å²) in [5, 5.41) is 11.9. The number of anilines is 1. The summed E-state index contributed by atoms with van der Waals surface area (Å²) in [6.07, 6.45) is 1.86. The second kappa shape index (κ2) is 6.97. The molecule has 2 aromatic carbocycles. The summed E-state index contributed by atoms with van der Waals surface area (Å²) in [6.45, 7) is 2.91. The number of rotatable bonds is 4. The van der Waals surface area contributed by atoms with Crippen LogP contribution in [0.25, 0.3) is 22.4 Å². The van der Waals surface area contributed by atoms with E-state index in [0.29, 0.717) is 42.2 Å². The fraction of sp³-hybridized carbons (Fsp3) is 0.190. The standard InChI is InChI=1S/C21H18N4O4/c1-13-23-24-21(29-13)16-11-25(17-5-3-2-4-15(16)17)12-20(26)22-14-6-7-18-19(10-14)28-9-8-27-18/h2-7,10-11H,8-9,12H2,1H3,(H,22,26). The lowest BCUT2D eigenvalue weighted by molar-refractivity contribution is -0.116. The maximum absolute atomic E-state index is 12.7. The molecule has 4 aromatic rings. The van der Waals surface area contributed by atoms with Crippen LogP contribution in [0.2, 0.25) is 0 Å². The lowest BCUT2D eigenvalue weighted by atomic mass is 10.2. The summed E-state index contributed by atoms with van der Waals surface area (Å²) in [5.41, 5.74) is 2.37. The lowest BCUT2D eigenvalue weighted by Gasteiger charge is -2.19. The Morgan fingerprint density at radius 3 is 2.76 bits per heavy atom. The van der Waals surface area contributed by atoms with Gasteiger partial charge in [-0.15, -0.1) is 10.2 Å². The van der Waals surface area contributed by atoms with Crippen LogP contribution in [0.1, 0.15) is 5.89 Å². The van der Waals surface area contributed by atoms with E-state index in [4.69, 9.17) is 13.9 Å². The number of nitrogens with one attached hydrogen (secondary N) is 1. The van der Waals surface area contributed by atoms with E-state index in [2.05, 4.69) is 15.5 Å². The van der Waals surface area contributed by atoms with Crippen LogP contribution in [0.5, 0.6) is 11.5 Å². The fourth-order valence-electron chi connectivity index (χ4n) is 3.43. The highest BCUT2D eigenvalue weighted by molar-refractivity contribution is 5.96. The minimum absolute atomic E-state index is 0.141. The molecule has 0 bridgehead atoms. The number of hydrogen-bond donors (Lipinski definition) is 1. The normalized spacial score (nSPS) is 12.9. The van der Waals surface area contributed by atoms with Crippen LogP contribution >= 0.6 is 0 Å². The van der Waals surface area contributed by atoms with Gasteiger partial charge in [-0.2, -0.15) is 0 Å². The van der Waals surface area contributed by atoms with Gasteiger partial charge in [0.2, 0.25) is 17.7 Å². The largest absolute Gasteiger partial charge is 0.486 e. The van der Waals surface area contributed by atoms with Crippen LogP contribution in [-0.4, -0.2) is 33.9 Å². The van der Waals surface area contributed by atoms with Gasteiger partial charge in [-0.05, 0) is 18.2 Å². The van der Waals surface area contributed by atoms with E-state index in [9.17, 15) is 4.79 Å².